The zero-order valence-corrected chi connectivity index (χ0v) is 12.0. The Morgan fingerprint density at radius 3 is 2.67 bits per heavy atom. The van der Waals surface area contributed by atoms with Crippen LogP contribution in [-0.4, -0.2) is 24.1 Å². The van der Waals surface area contributed by atoms with Crippen molar-refractivity contribution in [1.82, 2.24) is 0 Å². The molecule has 5 heteroatoms. The number of carbonyl (C=O) groups excluding carboxylic acids is 1. The van der Waals surface area contributed by atoms with Gasteiger partial charge in [0.05, 0.1) is 18.4 Å². The predicted molar refractivity (Wildman–Crippen MR) is 77.5 cm³/mol. The van der Waals surface area contributed by atoms with E-state index < -0.39 is 5.97 Å². The van der Waals surface area contributed by atoms with Crippen molar-refractivity contribution in [1.29, 1.82) is 0 Å². The van der Waals surface area contributed by atoms with Crippen LogP contribution in [-0.2, 0) is 4.79 Å². The van der Waals surface area contributed by atoms with Crippen LogP contribution in [0.3, 0.4) is 0 Å². The van der Waals surface area contributed by atoms with Gasteiger partial charge in [-0.25, -0.2) is 4.79 Å². The molecule has 112 valence electrons. The monoisotopic (exact) mass is 289 g/mol. The molecule has 0 saturated heterocycles. The molecule has 2 saturated carbocycles. The lowest BCUT2D eigenvalue weighted by atomic mass is 9.88. The van der Waals surface area contributed by atoms with Crippen LogP contribution in [0.4, 0.5) is 5.69 Å². The number of ether oxygens (including phenoxy) is 1. The van der Waals surface area contributed by atoms with Crippen molar-refractivity contribution in [2.24, 2.45) is 17.8 Å². The smallest absolute Gasteiger partial charge is 0.337 e. The minimum atomic E-state index is -1.05. The van der Waals surface area contributed by atoms with E-state index in [1.807, 2.05) is 0 Å². The van der Waals surface area contributed by atoms with Gasteiger partial charge in [-0.15, -0.1) is 0 Å². The summed E-state index contributed by atoms with van der Waals surface area (Å²) in [6.45, 7) is 0. The van der Waals surface area contributed by atoms with Crippen LogP contribution in [0.1, 0.15) is 36.0 Å². The van der Waals surface area contributed by atoms with Gasteiger partial charge in [0, 0.05) is 12.0 Å². The molecule has 2 fully saturated rings. The van der Waals surface area contributed by atoms with E-state index >= 15 is 0 Å². The number of carbonyl (C=O) groups is 2. The van der Waals surface area contributed by atoms with E-state index in [1.165, 1.54) is 19.6 Å². The Kier molecular flexibility index (Phi) is 3.57. The summed E-state index contributed by atoms with van der Waals surface area (Å²) in [5.74, 6) is 0.586. The van der Waals surface area contributed by atoms with E-state index in [0.717, 1.165) is 19.3 Å². The van der Waals surface area contributed by atoms with E-state index in [4.69, 9.17) is 4.74 Å². The van der Waals surface area contributed by atoms with E-state index in [9.17, 15) is 14.7 Å². The number of aromatic carboxylic acids is 1. The van der Waals surface area contributed by atoms with Crippen molar-refractivity contribution in [2.45, 2.75) is 25.7 Å². The first-order valence-electron chi connectivity index (χ1n) is 7.30. The Labute approximate surface area is 123 Å². The van der Waals surface area contributed by atoms with Gasteiger partial charge in [0.15, 0.2) is 0 Å². The van der Waals surface area contributed by atoms with Gasteiger partial charge in [0.25, 0.3) is 0 Å². The Morgan fingerprint density at radius 2 is 2.10 bits per heavy atom. The van der Waals surface area contributed by atoms with Gasteiger partial charge in [-0.3, -0.25) is 4.79 Å². The first-order valence-corrected chi connectivity index (χ1v) is 7.30. The van der Waals surface area contributed by atoms with Crippen molar-refractivity contribution >= 4 is 17.6 Å². The maximum atomic E-state index is 12.4. The summed E-state index contributed by atoms with van der Waals surface area (Å²) >= 11 is 0. The molecule has 5 nitrogen and oxygen atoms in total. The Morgan fingerprint density at radius 1 is 1.29 bits per heavy atom. The average molecular weight is 289 g/mol. The number of fused-ring (bicyclic) bond motifs is 2. The van der Waals surface area contributed by atoms with E-state index in [-0.39, 0.29) is 17.4 Å². The van der Waals surface area contributed by atoms with E-state index in [0.29, 0.717) is 23.3 Å². The summed E-state index contributed by atoms with van der Waals surface area (Å²) in [4.78, 5) is 23.7. The molecule has 3 unspecified atom stereocenters. The van der Waals surface area contributed by atoms with Crippen molar-refractivity contribution in [3.8, 4) is 5.75 Å². The highest BCUT2D eigenvalue weighted by Crippen LogP contribution is 2.48. The summed E-state index contributed by atoms with van der Waals surface area (Å²) in [6.07, 6.45) is 4.42. The summed E-state index contributed by atoms with van der Waals surface area (Å²) in [5, 5.41) is 12.0. The fourth-order valence-electron chi connectivity index (χ4n) is 3.73. The fraction of sp³-hybridized carbons (Fsp3) is 0.500. The van der Waals surface area contributed by atoms with E-state index in [1.54, 1.807) is 12.1 Å². The molecule has 2 bridgehead atoms. The van der Waals surface area contributed by atoms with Crippen LogP contribution in [0.25, 0.3) is 0 Å². The number of hydrogen-bond acceptors (Lipinski definition) is 3. The Bertz CT molecular complexity index is 584. The molecule has 0 heterocycles. The molecule has 0 radical (unpaired) electrons. The number of carboxylic acids is 1. The van der Waals surface area contributed by atoms with Gasteiger partial charge in [0.1, 0.15) is 5.75 Å². The molecule has 3 atom stereocenters. The third-order valence-corrected chi connectivity index (χ3v) is 4.79. The molecule has 21 heavy (non-hydrogen) atoms. The first-order chi connectivity index (χ1) is 10.1. The zero-order valence-electron chi connectivity index (χ0n) is 12.0. The lowest BCUT2D eigenvalue weighted by molar-refractivity contribution is -0.121. The lowest BCUT2D eigenvalue weighted by Crippen LogP contribution is -2.27. The molecule has 0 spiro atoms. The second-order valence-corrected chi connectivity index (χ2v) is 5.99. The van der Waals surface area contributed by atoms with Gasteiger partial charge >= 0.3 is 5.97 Å². The molecular weight excluding hydrogens is 270 g/mol. The molecule has 0 aliphatic heterocycles. The lowest BCUT2D eigenvalue weighted by Gasteiger charge is -2.21. The molecule has 2 aliphatic carbocycles. The quantitative estimate of drug-likeness (QED) is 0.893. The Balaban J connectivity index is 1.80. The van der Waals surface area contributed by atoms with Crippen LogP contribution in [0.5, 0.6) is 5.75 Å². The number of amides is 1. The van der Waals surface area contributed by atoms with Gasteiger partial charge in [-0.05, 0) is 43.2 Å². The normalized spacial score (nSPS) is 26.6. The number of nitrogens with one attached hydrogen (secondary N) is 1. The molecular formula is C16H19NO4. The number of benzene rings is 1. The molecule has 3 rings (SSSR count). The first kappa shape index (κ1) is 13.9. The highest BCUT2D eigenvalue weighted by molar-refractivity contribution is 6.01. The molecule has 0 aromatic heterocycles. The standard InChI is InChI=1S/C16H19NO4/c1-21-11-4-5-12(16(19)20)14(8-11)17-15(18)13-7-9-2-3-10(13)6-9/h4-5,8-10,13H,2-3,6-7H2,1H3,(H,17,18)(H,19,20). The number of rotatable bonds is 4. The average Bonchev–Trinajstić information content (AvgIpc) is 3.09. The molecule has 1 aromatic carbocycles. The van der Waals surface area contributed by atoms with Crippen molar-refractivity contribution in [3.63, 3.8) is 0 Å². The fourth-order valence-corrected chi connectivity index (χ4v) is 3.73. The second-order valence-electron chi connectivity index (χ2n) is 5.99. The number of methoxy groups -OCH3 is 1. The summed E-state index contributed by atoms with van der Waals surface area (Å²) in [5.41, 5.74) is 0.405. The summed E-state index contributed by atoms with van der Waals surface area (Å²) in [6, 6.07) is 4.60. The van der Waals surface area contributed by atoms with Gasteiger partial charge in [0.2, 0.25) is 5.91 Å². The van der Waals surface area contributed by atoms with Crippen LogP contribution in [0, 0.1) is 17.8 Å². The summed E-state index contributed by atoms with van der Waals surface area (Å²) in [7, 11) is 1.51. The van der Waals surface area contributed by atoms with Crippen molar-refractivity contribution in [2.75, 3.05) is 12.4 Å². The third kappa shape index (κ3) is 2.60. The second kappa shape index (κ2) is 5.39. The van der Waals surface area contributed by atoms with Crippen LogP contribution in [0.15, 0.2) is 18.2 Å². The number of hydrogen-bond donors (Lipinski definition) is 2. The number of carboxylic acid groups (broad SMARTS) is 1. The van der Waals surface area contributed by atoms with Crippen LogP contribution >= 0.6 is 0 Å². The van der Waals surface area contributed by atoms with Crippen LogP contribution in [0.2, 0.25) is 0 Å². The number of anilines is 1. The largest absolute Gasteiger partial charge is 0.497 e. The Hall–Kier alpha value is -2.04. The maximum absolute atomic E-state index is 12.4. The van der Waals surface area contributed by atoms with Gasteiger partial charge in [-0.2, -0.15) is 0 Å². The summed E-state index contributed by atoms with van der Waals surface area (Å²) < 4.78 is 5.10. The van der Waals surface area contributed by atoms with Gasteiger partial charge in [-0.1, -0.05) is 6.42 Å². The van der Waals surface area contributed by atoms with Crippen molar-refractivity contribution in [3.05, 3.63) is 23.8 Å². The van der Waals surface area contributed by atoms with Gasteiger partial charge < -0.3 is 15.2 Å². The SMILES string of the molecule is COc1ccc(C(=O)O)c(NC(=O)C2CC3CCC2C3)c1. The third-order valence-electron chi connectivity index (χ3n) is 4.79. The minimum absolute atomic E-state index is 0.0246. The zero-order chi connectivity index (χ0) is 15.0. The predicted octanol–water partition coefficient (Wildman–Crippen LogP) is 2.77. The van der Waals surface area contributed by atoms with E-state index in [2.05, 4.69) is 5.32 Å². The highest BCUT2D eigenvalue weighted by Gasteiger charge is 2.43. The molecule has 1 aromatic rings. The maximum Gasteiger partial charge on any atom is 0.337 e. The highest BCUT2D eigenvalue weighted by atomic mass is 16.5. The molecule has 2 aliphatic rings. The van der Waals surface area contributed by atoms with Crippen LogP contribution < -0.4 is 10.1 Å². The molecule has 1 amide bonds. The van der Waals surface area contributed by atoms with Crippen molar-refractivity contribution < 1.29 is 19.4 Å². The topological polar surface area (TPSA) is 75.6 Å². The molecule has 2 N–H and O–H groups in total. The minimum Gasteiger partial charge on any atom is -0.497 e.